The van der Waals surface area contributed by atoms with Gasteiger partial charge in [0, 0.05) is 35.7 Å². The number of nitrogens with two attached hydrogens (primary N) is 1. The van der Waals surface area contributed by atoms with Crippen molar-refractivity contribution in [2.24, 2.45) is 5.73 Å². The maximum absolute atomic E-state index is 12.7. The summed E-state index contributed by atoms with van der Waals surface area (Å²) in [5, 5.41) is 6.59. The van der Waals surface area contributed by atoms with Crippen LogP contribution in [0, 0.1) is 0 Å². The molecule has 0 bridgehead atoms. The van der Waals surface area contributed by atoms with Gasteiger partial charge >= 0.3 is 0 Å². The highest BCUT2D eigenvalue weighted by Crippen LogP contribution is 2.33. The number of hydrogen-bond donors (Lipinski definition) is 3. The smallest absolute Gasteiger partial charge is 0.247 e. The van der Waals surface area contributed by atoms with Crippen molar-refractivity contribution in [1.29, 1.82) is 0 Å². The molecule has 6 heteroatoms. The summed E-state index contributed by atoms with van der Waals surface area (Å²) in [5.74, 6) is 0.811. The quantitative estimate of drug-likeness (QED) is 0.426. The highest BCUT2D eigenvalue weighted by Gasteiger charge is 2.22. The van der Waals surface area contributed by atoms with E-state index in [0.29, 0.717) is 17.9 Å². The van der Waals surface area contributed by atoms with Gasteiger partial charge in [0.05, 0.1) is 12.2 Å². The van der Waals surface area contributed by atoms with Crippen molar-refractivity contribution in [2.75, 3.05) is 30.4 Å². The Morgan fingerprint density at radius 2 is 1.91 bits per heavy atom. The second-order valence-electron chi connectivity index (χ2n) is 8.96. The SMILES string of the molecule is CC/C=C(/C=C(N)\C=C(/C)C(=O)NC1Cc2ccccc2C1)Nc1ccc2c(c1)N(C)CCO2. The highest BCUT2D eigenvalue weighted by atomic mass is 16.5. The maximum Gasteiger partial charge on any atom is 0.247 e. The molecule has 2 aromatic carbocycles. The van der Waals surface area contributed by atoms with Crippen LogP contribution in [0.3, 0.4) is 0 Å². The number of nitrogens with zero attached hydrogens (tertiary/aromatic N) is 1. The second-order valence-corrected chi connectivity index (χ2v) is 8.96. The Labute approximate surface area is 202 Å². The van der Waals surface area contributed by atoms with Crippen molar-refractivity contribution in [3.05, 3.63) is 88.8 Å². The van der Waals surface area contributed by atoms with Crippen LogP contribution in [-0.2, 0) is 17.6 Å². The normalized spacial score (nSPS) is 16.6. The van der Waals surface area contributed by atoms with E-state index in [1.165, 1.54) is 11.1 Å². The van der Waals surface area contributed by atoms with E-state index in [4.69, 9.17) is 10.5 Å². The molecule has 0 fully saturated rings. The fraction of sp³-hybridized carbons (Fsp3) is 0.321. The molecule has 4 N–H and O–H groups in total. The van der Waals surface area contributed by atoms with Crippen LogP contribution in [0.15, 0.2) is 77.7 Å². The van der Waals surface area contributed by atoms with Gasteiger partial charge in [-0.2, -0.15) is 0 Å². The third kappa shape index (κ3) is 5.63. The first-order chi connectivity index (χ1) is 16.4. The van der Waals surface area contributed by atoms with Crippen LogP contribution in [0.2, 0.25) is 0 Å². The molecule has 0 spiro atoms. The monoisotopic (exact) mass is 458 g/mol. The Hall–Kier alpha value is -3.67. The lowest BCUT2D eigenvalue weighted by Gasteiger charge is -2.28. The van der Waals surface area contributed by atoms with Gasteiger partial charge in [-0.05, 0) is 67.7 Å². The Morgan fingerprint density at radius 1 is 1.18 bits per heavy atom. The molecule has 178 valence electrons. The number of allylic oxidation sites excluding steroid dienone is 3. The van der Waals surface area contributed by atoms with Crippen molar-refractivity contribution in [2.45, 2.75) is 39.2 Å². The average Bonchev–Trinajstić information content (AvgIpc) is 3.22. The summed E-state index contributed by atoms with van der Waals surface area (Å²) in [7, 11) is 2.06. The first kappa shape index (κ1) is 23.5. The second kappa shape index (κ2) is 10.5. The summed E-state index contributed by atoms with van der Waals surface area (Å²) in [6.07, 6.45) is 8.27. The fourth-order valence-corrected chi connectivity index (χ4v) is 4.46. The summed E-state index contributed by atoms with van der Waals surface area (Å²) in [5.41, 5.74) is 12.9. The number of nitrogens with one attached hydrogen (secondary N) is 2. The van der Waals surface area contributed by atoms with Crippen molar-refractivity contribution in [1.82, 2.24) is 5.32 Å². The van der Waals surface area contributed by atoms with Crippen LogP contribution in [0.1, 0.15) is 31.4 Å². The van der Waals surface area contributed by atoms with E-state index < -0.39 is 0 Å². The number of likely N-dealkylation sites (N-methyl/N-ethyl adjacent to an activating group) is 1. The molecule has 0 unspecified atom stereocenters. The van der Waals surface area contributed by atoms with Crippen LogP contribution in [0.25, 0.3) is 0 Å². The minimum absolute atomic E-state index is 0.0825. The Balaban J connectivity index is 1.41. The van der Waals surface area contributed by atoms with Crippen molar-refractivity contribution in [3.63, 3.8) is 0 Å². The molecule has 4 rings (SSSR count). The topological polar surface area (TPSA) is 79.6 Å². The molecule has 0 saturated heterocycles. The first-order valence-corrected chi connectivity index (χ1v) is 11.9. The summed E-state index contributed by atoms with van der Waals surface area (Å²) in [6.45, 7) is 5.44. The fourth-order valence-electron chi connectivity index (χ4n) is 4.46. The van der Waals surface area contributed by atoms with Crippen molar-refractivity contribution < 1.29 is 9.53 Å². The zero-order valence-corrected chi connectivity index (χ0v) is 20.2. The molecule has 0 radical (unpaired) electrons. The van der Waals surface area contributed by atoms with Gasteiger partial charge in [-0.15, -0.1) is 0 Å². The largest absolute Gasteiger partial charge is 0.490 e. The number of anilines is 2. The minimum atomic E-state index is -0.0825. The predicted octanol–water partition coefficient (Wildman–Crippen LogP) is 4.29. The van der Waals surface area contributed by atoms with Gasteiger partial charge in [-0.25, -0.2) is 0 Å². The lowest BCUT2D eigenvalue weighted by Crippen LogP contribution is -2.35. The average molecular weight is 459 g/mol. The van der Waals surface area contributed by atoms with Crippen molar-refractivity contribution in [3.8, 4) is 5.75 Å². The van der Waals surface area contributed by atoms with E-state index in [2.05, 4.69) is 53.8 Å². The van der Waals surface area contributed by atoms with Crippen molar-refractivity contribution >= 4 is 17.3 Å². The van der Waals surface area contributed by atoms with Gasteiger partial charge in [0.1, 0.15) is 12.4 Å². The molecular weight excluding hydrogens is 424 g/mol. The first-order valence-electron chi connectivity index (χ1n) is 11.9. The van der Waals surface area contributed by atoms with Crippen LogP contribution in [0.5, 0.6) is 5.75 Å². The number of carbonyl (C=O) groups excluding carboxylic acids is 1. The number of hydrogen-bond acceptors (Lipinski definition) is 5. The summed E-state index contributed by atoms with van der Waals surface area (Å²) in [6, 6.07) is 14.5. The third-order valence-corrected chi connectivity index (χ3v) is 6.22. The molecule has 2 aromatic rings. The Bertz CT molecular complexity index is 1120. The van der Waals surface area contributed by atoms with Gasteiger partial charge in [-0.3, -0.25) is 4.79 Å². The maximum atomic E-state index is 12.7. The van der Waals surface area contributed by atoms with Crippen LogP contribution in [-0.4, -0.2) is 32.1 Å². The molecule has 0 saturated carbocycles. The van der Waals surface area contributed by atoms with E-state index in [0.717, 1.165) is 48.6 Å². The number of carbonyl (C=O) groups is 1. The summed E-state index contributed by atoms with van der Waals surface area (Å²) >= 11 is 0. The van der Waals surface area contributed by atoms with Crippen LogP contribution < -0.4 is 26.0 Å². The Morgan fingerprint density at radius 3 is 2.62 bits per heavy atom. The van der Waals surface area contributed by atoms with E-state index in [1.807, 2.05) is 30.3 Å². The van der Waals surface area contributed by atoms with E-state index >= 15 is 0 Å². The van der Waals surface area contributed by atoms with Gasteiger partial charge in [0.25, 0.3) is 0 Å². The summed E-state index contributed by atoms with van der Waals surface area (Å²) in [4.78, 5) is 14.9. The van der Waals surface area contributed by atoms with Crippen LogP contribution >= 0.6 is 0 Å². The minimum Gasteiger partial charge on any atom is -0.490 e. The number of benzene rings is 2. The zero-order chi connectivity index (χ0) is 24.1. The number of amides is 1. The molecule has 2 aliphatic rings. The molecule has 1 aliphatic heterocycles. The third-order valence-electron chi connectivity index (χ3n) is 6.22. The van der Waals surface area contributed by atoms with Gasteiger partial charge in [0.2, 0.25) is 5.91 Å². The van der Waals surface area contributed by atoms with Gasteiger partial charge in [0.15, 0.2) is 0 Å². The molecule has 0 aromatic heterocycles. The molecule has 1 amide bonds. The molecule has 34 heavy (non-hydrogen) atoms. The zero-order valence-electron chi connectivity index (χ0n) is 20.2. The number of ether oxygens (including phenoxy) is 1. The van der Waals surface area contributed by atoms with E-state index in [-0.39, 0.29) is 11.9 Å². The van der Waals surface area contributed by atoms with Gasteiger partial charge in [-0.1, -0.05) is 37.3 Å². The number of fused-ring (bicyclic) bond motifs is 2. The summed E-state index contributed by atoms with van der Waals surface area (Å²) < 4.78 is 5.74. The highest BCUT2D eigenvalue weighted by molar-refractivity contribution is 5.93. The predicted molar refractivity (Wildman–Crippen MR) is 139 cm³/mol. The van der Waals surface area contributed by atoms with Gasteiger partial charge < -0.3 is 26.0 Å². The van der Waals surface area contributed by atoms with E-state index in [9.17, 15) is 4.79 Å². The molecular formula is C28H34N4O2. The lowest BCUT2D eigenvalue weighted by atomic mass is 10.1. The lowest BCUT2D eigenvalue weighted by molar-refractivity contribution is -0.118. The van der Waals surface area contributed by atoms with E-state index in [1.54, 1.807) is 13.0 Å². The van der Waals surface area contributed by atoms with Crippen LogP contribution in [0.4, 0.5) is 11.4 Å². The standard InChI is InChI=1S/C28H34N4O2/c1-4-7-23(30-24-10-11-27-26(18-24)32(3)12-13-34-27)17-22(29)14-19(2)28(33)31-25-15-20-8-5-6-9-21(20)16-25/h5-11,14,17-18,25,30H,4,12-13,15-16,29H2,1-3H3,(H,31,33)/b19-14+,22-17+,23-7-. The molecule has 1 heterocycles. The molecule has 1 aliphatic carbocycles. The number of rotatable bonds is 7. The Kier molecular flexibility index (Phi) is 7.26. The molecule has 0 atom stereocenters. The molecule has 6 nitrogen and oxygen atoms in total.